The first-order chi connectivity index (χ1) is 0. The molecule has 0 aliphatic heterocycles. The van der Waals surface area contributed by atoms with Gasteiger partial charge in [-0.2, -0.15) is 0 Å². The zero-order valence-electron chi connectivity index (χ0n) is 1.47. The third-order valence-electron chi connectivity index (χ3n) is 0. The molecule has 0 spiro atoms. The normalized spacial score (nSPS) is 0. The largest absolute Gasteiger partial charge is 0.147 e. The first kappa shape index (κ1) is 40.4. The van der Waals surface area contributed by atoms with Gasteiger partial charge in [-0.15, -0.1) is 24.8 Å². The van der Waals surface area contributed by atoms with Crippen LogP contribution in [0.5, 0.6) is 0 Å². The maximum absolute atomic E-state index is 0. The predicted octanol–water partition coefficient (Wildman–Crippen LogP) is 0.839. The summed E-state index contributed by atoms with van der Waals surface area (Å²) in [6.07, 6.45) is 0. The van der Waals surface area contributed by atoms with E-state index in [2.05, 4.69) is 0 Å². The molecule has 0 rings (SSSR count). The van der Waals surface area contributed by atoms with Crippen molar-refractivity contribution in [3.05, 3.63) is 0 Å². The van der Waals surface area contributed by atoms with Crippen LogP contribution in [0, 0.1) is 0 Å². The third-order valence-corrected chi connectivity index (χ3v) is 0. The summed E-state index contributed by atoms with van der Waals surface area (Å²) in [4.78, 5) is 0. The van der Waals surface area contributed by atoms with Gasteiger partial charge in [-0.25, -0.2) is 0 Å². The minimum Gasteiger partial charge on any atom is -0.147 e. The van der Waals surface area contributed by atoms with Crippen molar-refractivity contribution in [2.75, 3.05) is 0 Å². The minimum atomic E-state index is 0. The maximum atomic E-state index is 0. The van der Waals surface area contributed by atoms with Crippen molar-refractivity contribution in [1.29, 1.82) is 0 Å². The first-order valence-electron chi connectivity index (χ1n) is 0. The SMILES string of the molecule is Cl.Cl.[Au].[Fe]. The fourth-order valence-corrected chi connectivity index (χ4v) is 0. The van der Waals surface area contributed by atoms with Gasteiger partial charge in [0, 0.05) is 39.4 Å². The van der Waals surface area contributed by atoms with Crippen LogP contribution in [0.1, 0.15) is 0 Å². The molecule has 0 fully saturated rings. The van der Waals surface area contributed by atoms with E-state index >= 15 is 0 Å². The van der Waals surface area contributed by atoms with Crippen molar-refractivity contribution in [2.45, 2.75) is 0 Å². The van der Waals surface area contributed by atoms with E-state index in [1.807, 2.05) is 0 Å². The molecule has 0 N–H and O–H groups in total. The van der Waals surface area contributed by atoms with E-state index in [4.69, 9.17) is 0 Å². The third kappa shape index (κ3) is 9.15. The van der Waals surface area contributed by atoms with Gasteiger partial charge in [0.1, 0.15) is 0 Å². The summed E-state index contributed by atoms with van der Waals surface area (Å²) < 4.78 is 0. The summed E-state index contributed by atoms with van der Waals surface area (Å²) in [5.74, 6) is 0. The molecule has 0 aliphatic rings. The molecule has 0 amide bonds. The minimum absolute atomic E-state index is 0. The number of hydrogen-bond donors (Lipinski definition) is 0. The Morgan fingerprint density at radius 1 is 0.750 bits per heavy atom. The summed E-state index contributed by atoms with van der Waals surface area (Å²) in [7, 11) is 0. The van der Waals surface area contributed by atoms with Crippen LogP contribution in [0.4, 0.5) is 0 Å². The van der Waals surface area contributed by atoms with Crippen LogP contribution in [0.15, 0.2) is 0 Å². The molecular formula is H2AuCl2Fe. The van der Waals surface area contributed by atoms with Crippen LogP contribution < -0.4 is 0 Å². The molecule has 4 heteroatoms. The fourth-order valence-electron chi connectivity index (χ4n) is 0. The second kappa shape index (κ2) is 21.1. The molecule has 0 atom stereocenters. The molecule has 0 heterocycles. The van der Waals surface area contributed by atoms with E-state index in [1.165, 1.54) is 0 Å². The standard InChI is InChI=1S/Au.2ClH.Fe/h;2*1H;. The molecule has 0 saturated heterocycles. The monoisotopic (exact) mass is 325 g/mol. The van der Waals surface area contributed by atoms with E-state index in [0.29, 0.717) is 0 Å². The number of rotatable bonds is 0. The van der Waals surface area contributed by atoms with Crippen molar-refractivity contribution in [3.63, 3.8) is 0 Å². The van der Waals surface area contributed by atoms with E-state index in [0.717, 1.165) is 0 Å². The van der Waals surface area contributed by atoms with Gasteiger partial charge in [0.05, 0.1) is 0 Å². The second-order valence-electron chi connectivity index (χ2n) is 0. The van der Waals surface area contributed by atoms with E-state index in [-0.39, 0.29) is 64.3 Å². The van der Waals surface area contributed by atoms with Crippen molar-refractivity contribution in [2.24, 2.45) is 0 Å². The summed E-state index contributed by atoms with van der Waals surface area (Å²) >= 11 is 0. The molecule has 0 unspecified atom stereocenters. The molecule has 1 radical (unpaired) electrons. The molecule has 0 nitrogen and oxygen atoms in total. The average molecular weight is 326 g/mol. The van der Waals surface area contributed by atoms with Gasteiger partial charge in [-0.05, 0) is 0 Å². The molecule has 0 saturated carbocycles. The molecule has 0 bridgehead atoms. The van der Waals surface area contributed by atoms with Gasteiger partial charge in [0.25, 0.3) is 0 Å². The van der Waals surface area contributed by atoms with Crippen molar-refractivity contribution < 1.29 is 39.4 Å². The van der Waals surface area contributed by atoms with Crippen molar-refractivity contribution in [1.82, 2.24) is 0 Å². The van der Waals surface area contributed by atoms with Crippen molar-refractivity contribution >= 4 is 24.8 Å². The zero-order chi connectivity index (χ0) is 0. The van der Waals surface area contributed by atoms with E-state index in [1.54, 1.807) is 0 Å². The Morgan fingerprint density at radius 2 is 0.750 bits per heavy atom. The van der Waals surface area contributed by atoms with Crippen LogP contribution >= 0.6 is 24.8 Å². The fraction of sp³-hybridized carbons (Fsp3) is 0. The zero-order valence-corrected chi connectivity index (χ0v) is 6.38. The smallest absolute Gasteiger partial charge is 0 e. The molecule has 0 aromatic heterocycles. The Labute approximate surface area is 63.9 Å². The Balaban J connectivity index is 0. The molecule has 0 aliphatic carbocycles. The first-order valence-corrected chi connectivity index (χ1v) is 0. The molecule has 0 aromatic rings. The Bertz CT molecular complexity index is 6.00. The number of halogens is 2. The molecule has 4 heavy (non-hydrogen) atoms. The van der Waals surface area contributed by atoms with Crippen LogP contribution in [-0.4, -0.2) is 0 Å². The van der Waals surface area contributed by atoms with Gasteiger partial charge >= 0.3 is 0 Å². The molecular weight excluding hydrogens is 324 g/mol. The molecule has 0 aromatic carbocycles. The van der Waals surface area contributed by atoms with Gasteiger partial charge < -0.3 is 0 Å². The van der Waals surface area contributed by atoms with E-state index < -0.39 is 0 Å². The van der Waals surface area contributed by atoms with Gasteiger partial charge in [-0.3, -0.25) is 0 Å². The average Bonchev–Trinajstić information content (AvgIpc) is 0. The van der Waals surface area contributed by atoms with Gasteiger partial charge in [0.2, 0.25) is 0 Å². The Hall–Kier alpha value is 1.84. The van der Waals surface area contributed by atoms with Gasteiger partial charge in [0.15, 0.2) is 0 Å². The maximum Gasteiger partial charge on any atom is 0 e. The Morgan fingerprint density at radius 3 is 0.750 bits per heavy atom. The number of hydrogen-bond acceptors (Lipinski definition) is 0. The summed E-state index contributed by atoms with van der Waals surface area (Å²) in [5, 5.41) is 0. The quantitative estimate of drug-likeness (QED) is 0.579. The van der Waals surface area contributed by atoms with E-state index in [9.17, 15) is 0 Å². The van der Waals surface area contributed by atoms with Crippen LogP contribution in [0.3, 0.4) is 0 Å². The van der Waals surface area contributed by atoms with Crippen LogP contribution in [0.25, 0.3) is 0 Å². The Kier molecular flexibility index (Phi) is 213. The second-order valence-corrected chi connectivity index (χ2v) is 0. The molecule has 35 valence electrons. The van der Waals surface area contributed by atoms with Crippen LogP contribution in [-0.2, 0) is 39.4 Å². The summed E-state index contributed by atoms with van der Waals surface area (Å²) in [6.45, 7) is 0. The summed E-state index contributed by atoms with van der Waals surface area (Å²) in [6, 6.07) is 0. The predicted molar refractivity (Wildman–Crippen MR) is 14.5 cm³/mol. The van der Waals surface area contributed by atoms with Crippen molar-refractivity contribution in [3.8, 4) is 0 Å². The van der Waals surface area contributed by atoms with Gasteiger partial charge in [-0.1, -0.05) is 0 Å². The topological polar surface area (TPSA) is 0 Å². The summed E-state index contributed by atoms with van der Waals surface area (Å²) in [5.41, 5.74) is 0. The van der Waals surface area contributed by atoms with Crippen LogP contribution in [0.2, 0.25) is 0 Å².